The molecular weight excluding hydrogens is 344 g/mol. The fraction of sp³-hybridized carbons (Fsp3) is 0.222. The van der Waals surface area contributed by atoms with E-state index in [1.54, 1.807) is 44.3 Å². The van der Waals surface area contributed by atoms with Gasteiger partial charge in [-0.15, -0.1) is 0 Å². The average molecular weight is 361 g/mol. The Hall–Kier alpha value is -3.34. The Bertz CT molecular complexity index is 790. The van der Waals surface area contributed by atoms with E-state index in [0.717, 1.165) is 0 Å². The van der Waals surface area contributed by atoms with E-state index in [-0.39, 0.29) is 29.3 Å². The molecule has 0 atom stereocenters. The summed E-state index contributed by atoms with van der Waals surface area (Å²) in [7, 11) is 0. The number of benzene rings is 2. The highest BCUT2D eigenvalue weighted by molar-refractivity contribution is 5.80. The number of para-hydroxylation sites is 1. The minimum Gasteiger partial charge on any atom is -0.487 e. The molecule has 1 N–H and O–H groups in total. The van der Waals surface area contributed by atoms with E-state index >= 15 is 0 Å². The standard InChI is InChI=1S/C18H17F2N3O3/c1-12(2)24-15-9-8-13(10-16(15)26-17(19)20)23-18(22-11-21)25-14-6-4-3-5-7-14/h3-10,12,17H,1-2H3,(H,22,23). The molecule has 0 saturated heterocycles. The first kappa shape index (κ1) is 19.0. The van der Waals surface area contributed by atoms with E-state index in [1.807, 2.05) is 6.07 Å². The number of nitriles is 1. The van der Waals surface area contributed by atoms with Crippen molar-refractivity contribution in [1.82, 2.24) is 5.32 Å². The smallest absolute Gasteiger partial charge is 0.387 e. The van der Waals surface area contributed by atoms with Crippen LogP contribution in [0.4, 0.5) is 14.5 Å². The lowest BCUT2D eigenvalue weighted by Crippen LogP contribution is -2.24. The van der Waals surface area contributed by atoms with Crippen LogP contribution in [0.3, 0.4) is 0 Å². The van der Waals surface area contributed by atoms with Crippen LogP contribution >= 0.6 is 0 Å². The van der Waals surface area contributed by atoms with Gasteiger partial charge in [0.05, 0.1) is 11.8 Å². The fourth-order valence-electron chi connectivity index (χ4n) is 1.95. The predicted molar refractivity (Wildman–Crippen MR) is 91.8 cm³/mol. The SMILES string of the molecule is CC(C)Oc1ccc(N=C(NC#N)Oc2ccccc2)cc1OC(F)F. The Balaban J connectivity index is 2.31. The van der Waals surface area contributed by atoms with Gasteiger partial charge in [-0.25, -0.2) is 5.32 Å². The molecule has 2 aromatic carbocycles. The molecule has 6 nitrogen and oxygen atoms in total. The zero-order chi connectivity index (χ0) is 18.9. The van der Waals surface area contributed by atoms with E-state index in [0.29, 0.717) is 5.75 Å². The number of rotatable bonds is 6. The number of nitrogens with one attached hydrogen (secondary N) is 1. The second-order valence-corrected chi connectivity index (χ2v) is 5.25. The third-order valence-electron chi connectivity index (χ3n) is 2.86. The van der Waals surface area contributed by atoms with E-state index in [2.05, 4.69) is 15.0 Å². The maximum atomic E-state index is 12.6. The normalized spacial score (nSPS) is 11.2. The van der Waals surface area contributed by atoms with Crippen molar-refractivity contribution in [2.45, 2.75) is 26.6 Å². The average Bonchev–Trinajstić information content (AvgIpc) is 2.57. The van der Waals surface area contributed by atoms with Crippen molar-refractivity contribution in [3.63, 3.8) is 0 Å². The molecule has 0 amide bonds. The van der Waals surface area contributed by atoms with Gasteiger partial charge in [-0.3, -0.25) is 0 Å². The Labute approximate surface area is 149 Å². The molecule has 0 aliphatic rings. The molecule has 0 unspecified atom stereocenters. The lowest BCUT2D eigenvalue weighted by Gasteiger charge is -2.15. The molecule has 0 bridgehead atoms. The van der Waals surface area contributed by atoms with Crippen LogP contribution in [0.15, 0.2) is 53.5 Å². The van der Waals surface area contributed by atoms with Gasteiger partial charge in [0.25, 0.3) is 0 Å². The van der Waals surface area contributed by atoms with Crippen molar-refractivity contribution in [3.8, 4) is 23.4 Å². The third kappa shape index (κ3) is 5.94. The van der Waals surface area contributed by atoms with Gasteiger partial charge in [-0.2, -0.15) is 19.0 Å². The van der Waals surface area contributed by atoms with Crippen molar-refractivity contribution in [1.29, 1.82) is 5.26 Å². The van der Waals surface area contributed by atoms with Gasteiger partial charge in [-0.05, 0) is 38.1 Å². The van der Waals surface area contributed by atoms with Gasteiger partial charge in [0, 0.05) is 6.07 Å². The number of hydrogen-bond acceptors (Lipinski definition) is 5. The first-order valence-electron chi connectivity index (χ1n) is 7.70. The van der Waals surface area contributed by atoms with Crippen molar-refractivity contribution < 1.29 is 23.0 Å². The summed E-state index contributed by atoms with van der Waals surface area (Å²) in [4.78, 5) is 4.11. The summed E-state index contributed by atoms with van der Waals surface area (Å²) in [6.45, 7) is 0.517. The highest BCUT2D eigenvalue weighted by atomic mass is 19.3. The number of amidine groups is 1. The summed E-state index contributed by atoms with van der Waals surface area (Å²) in [5, 5.41) is 11.1. The Morgan fingerprint density at radius 3 is 2.42 bits per heavy atom. The molecule has 0 spiro atoms. The van der Waals surface area contributed by atoms with E-state index in [1.165, 1.54) is 18.2 Å². The van der Waals surface area contributed by atoms with Crippen LogP contribution in [0, 0.1) is 11.5 Å². The van der Waals surface area contributed by atoms with Gasteiger partial charge >= 0.3 is 12.6 Å². The van der Waals surface area contributed by atoms with Gasteiger partial charge in [0.2, 0.25) is 0 Å². The summed E-state index contributed by atoms with van der Waals surface area (Å²) in [5.74, 6) is 0.460. The van der Waals surface area contributed by atoms with Gasteiger partial charge in [-0.1, -0.05) is 18.2 Å². The molecule has 2 rings (SSSR count). The molecule has 0 fully saturated rings. The molecule has 0 radical (unpaired) electrons. The van der Waals surface area contributed by atoms with Crippen molar-refractivity contribution in [3.05, 3.63) is 48.5 Å². The van der Waals surface area contributed by atoms with Gasteiger partial charge < -0.3 is 14.2 Å². The fourth-order valence-corrected chi connectivity index (χ4v) is 1.95. The maximum absolute atomic E-state index is 12.6. The molecule has 0 aromatic heterocycles. The summed E-state index contributed by atoms with van der Waals surface area (Å²) in [5.41, 5.74) is 0.241. The quantitative estimate of drug-likeness (QED) is 0.361. The topological polar surface area (TPSA) is 75.9 Å². The Kier molecular flexibility index (Phi) is 6.74. The molecule has 2 aromatic rings. The molecule has 0 heterocycles. The first-order chi connectivity index (χ1) is 12.5. The van der Waals surface area contributed by atoms with E-state index in [9.17, 15) is 8.78 Å². The third-order valence-corrected chi connectivity index (χ3v) is 2.86. The molecule has 26 heavy (non-hydrogen) atoms. The van der Waals surface area contributed by atoms with Crippen LogP contribution in [-0.4, -0.2) is 18.7 Å². The number of hydrogen-bond donors (Lipinski definition) is 1. The van der Waals surface area contributed by atoms with Crippen LogP contribution in [0.25, 0.3) is 0 Å². The minimum atomic E-state index is -3.01. The van der Waals surface area contributed by atoms with Crippen LogP contribution in [0.2, 0.25) is 0 Å². The molecule has 0 saturated carbocycles. The number of ether oxygens (including phenoxy) is 3. The Morgan fingerprint density at radius 1 is 1.08 bits per heavy atom. The molecule has 8 heteroatoms. The first-order valence-corrected chi connectivity index (χ1v) is 7.70. The number of alkyl halides is 2. The molecule has 136 valence electrons. The monoisotopic (exact) mass is 361 g/mol. The molecular formula is C18H17F2N3O3. The minimum absolute atomic E-state index is 0.112. The van der Waals surface area contributed by atoms with Crippen molar-refractivity contribution >= 4 is 11.7 Å². The number of nitrogens with zero attached hydrogens (tertiary/aromatic N) is 2. The lowest BCUT2D eigenvalue weighted by atomic mass is 10.2. The van der Waals surface area contributed by atoms with Crippen LogP contribution in [0.1, 0.15) is 13.8 Å². The maximum Gasteiger partial charge on any atom is 0.387 e. The van der Waals surface area contributed by atoms with E-state index in [4.69, 9.17) is 14.7 Å². The highest BCUT2D eigenvalue weighted by Gasteiger charge is 2.14. The highest BCUT2D eigenvalue weighted by Crippen LogP contribution is 2.33. The summed E-state index contributed by atoms with van der Waals surface area (Å²) < 4.78 is 40.7. The van der Waals surface area contributed by atoms with Crippen molar-refractivity contribution in [2.75, 3.05) is 0 Å². The largest absolute Gasteiger partial charge is 0.487 e. The molecule has 0 aliphatic carbocycles. The van der Waals surface area contributed by atoms with Crippen LogP contribution < -0.4 is 19.5 Å². The summed E-state index contributed by atoms with van der Waals surface area (Å²) in [6, 6.07) is 12.8. The zero-order valence-electron chi connectivity index (χ0n) is 14.1. The van der Waals surface area contributed by atoms with Gasteiger partial charge in [0.15, 0.2) is 17.7 Å². The zero-order valence-corrected chi connectivity index (χ0v) is 14.1. The second-order valence-electron chi connectivity index (χ2n) is 5.25. The second kappa shape index (κ2) is 9.22. The van der Waals surface area contributed by atoms with Gasteiger partial charge in [0.1, 0.15) is 5.75 Å². The predicted octanol–water partition coefficient (Wildman–Crippen LogP) is 4.21. The molecule has 0 aliphatic heterocycles. The lowest BCUT2D eigenvalue weighted by molar-refractivity contribution is -0.0518. The van der Waals surface area contributed by atoms with E-state index < -0.39 is 6.61 Å². The number of aliphatic imine (C=N–C) groups is 1. The number of halogens is 2. The van der Waals surface area contributed by atoms with Crippen molar-refractivity contribution in [2.24, 2.45) is 4.99 Å². The van der Waals surface area contributed by atoms with Crippen LogP contribution in [0.5, 0.6) is 17.2 Å². The van der Waals surface area contributed by atoms with Crippen LogP contribution in [-0.2, 0) is 0 Å². The summed E-state index contributed by atoms with van der Waals surface area (Å²) in [6.07, 6.45) is 1.49. The Morgan fingerprint density at radius 2 is 1.81 bits per heavy atom. The summed E-state index contributed by atoms with van der Waals surface area (Å²) >= 11 is 0.